The summed E-state index contributed by atoms with van der Waals surface area (Å²) in [7, 11) is 0. The Bertz CT molecular complexity index is 600. The smallest absolute Gasteiger partial charge is 0.311 e. The Kier molecular flexibility index (Phi) is 7.61. The number of hydrogen-bond acceptors (Lipinski definition) is 4. The molecule has 138 valence electrons. The van der Waals surface area contributed by atoms with E-state index in [1.807, 2.05) is 27.7 Å². The highest BCUT2D eigenvalue weighted by Gasteiger charge is 2.27. The molecule has 0 bridgehead atoms. The van der Waals surface area contributed by atoms with Crippen LogP contribution in [0.25, 0.3) is 0 Å². The summed E-state index contributed by atoms with van der Waals surface area (Å²) in [6.45, 7) is 10.8. The number of benzene rings is 1. The van der Waals surface area contributed by atoms with Gasteiger partial charge in [-0.15, -0.1) is 0 Å². The molecule has 0 heterocycles. The van der Waals surface area contributed by atoms with E-state index in [1.54, 1.807) is 36.1 Å². The fraction of sp³-hybridized carbons (Fsp3) is 0.526. The standard InChI is InChI=1S/C19H28N2O4/c1-12(2)21(13(3)4)19(24)14(5)25-18(23)11-16-7-9-17(10-8-16)20-15(6)22/h7-10,12-14H,11H2,1-6H3,(H,20,22)/t14-/m0/s1. The van der Waals surface area contributed by atoms with Crippen molar-refractivity contribution in [3.05, 3.63) is 29.8 Å². The van der Waals surface area contributed by atoms with Crippen LogP contribution in [0.5, 0.6) is 0 Å². The van der Waals surface area contributed by atoms with Gasteiger partial charge in [0.05, 0.1) is 6.42 Å². The van der Waals surface area contributed by atoms with E-state index < -0.39 is 12.1 Å². The third-order valence-electron chi connectivity index (χ3n) is 3.65. The van der Waals surface area contributed by atoms with Crippen LogP contribution in [0.2, 0.25) is 0 Å². The second kappa shape index (κ2) is 9.20. The molecule has 0 spiro atoms. The summed E-state index contributed by atoms with van der Waals surface area (Å²) in [5, 5.41) is 2.66. The van der Waals surface area contributed by atoms with Gasteiger partial charge in [-0.1, -0.05) is 12.1 Å². The van der Waals surface area contributed by atoms with Crippen LogP contribution in [0.3, 0.4) is 0 Å². The summed E-state index contributed by atoms with van der Waals surface area (Å²) in [6, 6.07) is 7.00. The first-order valence-electron chi connectivity index (χ1n) is 8.50. The molecule has 25 heavy (non-hydrogen) atoms. The minimum atomic E-state index is -0.823. The Morgan fingerprint density at radius 2 is 1.52 bits per heavy atom. The van der Waals surface area contributed by atoms with Crippen LogP contribution in [0.15, 0.2) is 24.3 Å². The molecule has 6 heteroatoms. The van der Waals surface area contributed by atoms with E-state index in [2.05, 4.69) is 5.32 Å². The van der Waals surface area contributed by atoms with Crippen molar-refractivity contribution >= 4 is 23.5 Å². The molecular weight excluding hydrogens is 320 g/mol. The molecule has 0 saturated heterocycles. The van der Waals surface area contributed by atoms with Gasteiger partial charge in [-0.3, -0.25) is 14.4 Å². The lowest BCUT2D eigenvalue weighted by Gasteiger charge is -2.32. The van der Waals surface area contributed by atoms with E-state index in [-0.39, 0.29) is 30.3 Å². The lowest BCUT2D eigenvalue weighted by Crippen LogP contribution is -2.47. The summed E-state index contributed by atoms with van der Waals surface area (Å²) >= 11 is 0. The van der Waals surface area contributed by atoms with E-state index in [0.29, 0.717) is 5.69 Å². The number of anilines is 1. The van der Waals surface area contributed by atoms with Gasteiger partial charge < -0.3 is 15.0 Å². The minimum absolute atomic E-state index is 0.0370. The quantitative estimate of drug-likeness (QED) is 0.769. The molecule has 0 aliphatic carbocycles. The van der Waals surface area contributed by atoms with Gasteiger partial charge in [0.1, 0.15) is 0 Å². The van der Waals surface area contributed by atoms with Crippen molar-refractivity contribution in [2.45, 2.75) is 66.2 Å². The number of nitrogens with zero attached hydrogens (tertiary/aromatic N) is 1. The van der Waals surface area contributed by atoms with Crippen LogP contribution in [0, 0.1) is 0 Å². The SMILES string of the molecule is CC(=O)Nc1ccc(CC(=O)O[C@@H](C)C(=O)N(C(C)C)C(C)C)cc1. The number of esters is 1. The minimum Gasteiger partial charge on any atom is -0.452 e. The van der Waals surface area contributed by atoms with E-state index >= 15 is 0 Å². The van der Waals surface area contributed by atoms with Crippen LogP contribution < -0.4 is 5.32 Å². The number of rotatable bonds is 7. The Balaban J connectivity index is 2.63. The maximum Gasteiger partial charge on any atom is 0.311 e. The number of carbonyl (C=O) groups is 3. The van der Waals surface area contributed by atoms with Gasteiger partial charge in [0.2, 0.25) is 5.91 Å². The molecule has 0 fully saturated rings. The summed E-state index contributed by atoms with van der Waals surface area (Å²) < 4.78 is 5.29. The zero-order valence-electron chi connectivity index (χ0n) is 15.8. The molecule has 0 unspecified atom stereocenters. The molecular formula is C19H28N2O4. The first-order valence-corrected chi connectivity index (χ1v) is 8.50. The molecule has 0 aromatic heterocycles. The van der Waals surface area contributed by atoms with Crippen molar-refractivity contribution in [2.75, 3.05) is 5.32 Å². The fourth-order valence-electron chi connectivity index (χ4n) is 2.68. The molecule has 1 rings (SSSR count). The summed E-state index contributed by atoms with van der Waals surface area (Å²) in [5.74, 6) is -0.806. The summed E-state index contributed by atoms with van der Waals surface area (Å²) in [4.78, 5) is 37.3. The number of carbonyl (C=O) groups excluding carboxylic acids is 3. The van der Waals surface area contributed by atoms with Gasteiger partial charge in [0, 0.05) is 24.7 Å². The third kappa shape index (κ3) is 6.57. The molecule has 1 aromatic carbocycles. The van der Waals surface area contributed by atoms with Crippen LogP contribution in [-0.2, 0) is 25.5 Å². The topological polar surface area (TPSA) is 75.7 Å². The highest BCUT2D eigenvalue weighted by atomic mass is 16.5. The van der Waals surface area contributed by atoms with Crippen molar-refractivity contribution < 1.29 is 19.1 Å². The van der Waals surface area contributed by atoms with Crippen molar-refractivity contribution in [1.82, 2.24) is 4.90 Å². The van der Waals surface area contributed by atoms with Crippen molar-refractivity contribution in [3.8, 4) is 0 Å². The van der Waals surface area contributed by atoms with E-state index in [0.717, 1.165) is 5.56 Å². The van der Waals surface area contributed by atoms with E-state index in [9.17, 15) is 14.4 Å². The number of nitrogens with one attached hydrogen (secondary N) is 1. The first-order chi connectivity index (χ1) is 11.6. The van der Waals surface area contributed by atoms with Crippen molar-refractivity contribution in [3.63, 3.8) is 0 Å². The van der Waals surface area contributed by atoms with Gasteiger partial charge in [0.15, 0.2) is 6.10 Å². The predicted molar refractivity (Wildman–Crippen MR) is 97.1 cm³/mol. The second-order valence-electron chi connectivity index (χ2n) is 6.62. The second-order valence-corrected chi connectivity index (χ2v) is 6.62. The highest BCUT2D eigenvalue weighted by Crippen LogP contribution is 2.13. The average Bonchev–Trinajstić information content (AvgIpc) is 2.47. The zero-order valence-corrected chi connectivity index (χ0v) is 15.8. The summed E-state index contributed by atoms with van der Waals surface area (Å²) in [5.41, 5.74) is 1.42. The average molecular weight is 348 g/mol. The third-order valence-corrected chi connectivity index (χ3v) is 3.65. The maximum absolute atomic E-state index is 12.5. The summed E-state index contributed by atoms with van der Waals surface area (Å²) in [6.07, 6.45) is -0.752. The molecule has 1 atom stereocenters. The van der Waals surface area contributed by atoms with E-state index in [1.165, 1.54) is 6.92 Å². The lowest BCUT2D eigenvalue weighted by atomic mass is 10.1. The molecule has 0 radical (unpaired) electrons. The Morgan fingerprint density at radius 3 is 1.96 bits per heavy atom. The largest absolute Gasteiger partial charge is 0.452 e. The van der Waals surface area contributed by atoms with Gasteiger partial charge in [-0.05, 0) is 52.3 Å². The molecule has 0 aliphatic rings. The molecule has 1 aromatic rings. The fourth-order valence-corrected chi connectivity index (χ4v) is 2.68. The van der Waals surface area contributed by atoms with Gasteiger partial charge >= 0.3 is 5.97 Å². The monoisotopic (exact) mass is 348 g/mol. The van der Waals surface area contributed by atoms with Crippen LogP contribution in [-0.4, -0.2) is 40.9 Å². The molecule has 0 aliphatic heterocycles. The maximum atomic E-state index is 12.5. The normalized spacial score (nSPS) is 12.0. The number of ether oxygens (including phenoxy) is 1. The molecule has 6 nitrogen and oxygen atoms in total. The number of hydrogen-bond donors (Lipinski definition) is 1. The lowest BCUT2D eigenvalue weighted by molar-refractivity contribution is -0.160. The van der Waals surface area contributed by atoms with Crippen molar-refractivity contribution in [1.29, 1.82) is 0 Å². The molecule has 1 N–H and O–H groups in total. The highest BCUT2D eigenvalue weighted by molar-refractivity contribution is 5.88. The molecule has 2 amide bonds. The molecule has 0 saturated carbocycles. The predicted octanol–water partition coefficient (Wildman–Crippen LogP) is 2.76. The van der Waals surface area contributed by atoms with Gasteiger partial charge in [0.25, 0.3) is 5.91 Å². The van der Waals surface area contributed by atoms with Crippen LogP contribution >= 0.6 is 0 Å². The first kappa shape index (κ1) is 20.7. The van der Waals surface area contributed by atoms with Crippen LogP contribution in [0.1, 0.15) is 47.1 Å². The zero-order chi connectivity index (χ0) is 19.1. The Labute approximate surface area is 149 Å². The van der Waals surface area contributed by atoms with Gasteiger partial charge in [-0.2, -0.15) is 0 Å². The van der Waals surface area contributed by atoms with Crippen LogP contribution in [0.4, 0.5) is 5.69 Å². The number of amides is 2. The Morgan fingerprint density at radius 1 is 1.00 bits per heavy atom. The van der Waals surface area contributed by atoms with E-state index in [4.69, 9.17) is 4.74 Å². The van der Waals surface area contributed by atoms with Gasteiger partial charge in [-0.25, -0.2) is 0 Å². The van der Waals surface area contributed by atoms with Crippen molar-refractivity contribution in [2.24, 2.45) is 0 Å². The Hall–Kier alpha value is -2.37.